The number of anilines is 1. The van der Waals surface area contributed by atoms with Gasteiger partial charge in [0.05, 0.1) is 19.5 Å². The van der Waals surface area contributed by atoms with Gasteiger partial charge in [0.2, 0.25) is 0 Å². The van der Waals surface area contributed by atoms with Crippen molar-refractivity contribution >= 4 is 84.1 Å². The zero-order valence-electron chi connectivity index (χ0n) is 13.8. The summed E-state index contributed by atoms with van der Waals surface area (Å²) in [5, 5.41) is 8.84. The summed E-state index contributed by atoms with van der Waals surface area (Å²) >= 11 is 13.3. The van der Waals surface area contributed by atoms with E-state index in [1.807, 2.05) is 0 Å². The van der Waals surface area contributed by atoms with Crippen molar-refractivity contribution in [2.24, 2.45) is 0 Å². The number of imide groups is 1. The molecule has 0 aromatic heterocycles. The smallest absolute Gasteiger partial charge is 0.341 e. The molecule has 1 aliphatic heterocycles. The van der Waals surface area contributed by atoms with Crippen LogP contribution in [0.4, 0.5) is 10.5 Å². The summed E-state index contributed by atoms with van der Waals surface area (Å²) in [6.45, 7) is -0.490. The van der Waals surface area contributed by atoms with Gasteiger partial charge in [0, 0.05) is 5.02 Å². The Morgan fingerprint density at radius 1 is 1.18 bits per heavy atom. The first-order valence-electron chi connectivity index (χ1n) is 7.63. The van der Waals surface area contributed by atoms with Gasteiger partial charge in [-0.1, -0.05) is 11.6 Å². The third-order valence-electron chi connectivity index (χ3n) is 3.54. The van der Waals surface area contributed by atoms with Crippen LogP contribution in [0, 0.1) is 0 Å². The maximum absolute atomic E-state index is 12.7. The summed E-state index contributed by atoms with van der Waals surface area (Å²) in [5.74, 6) is -1.21. The summed E-state index contributed by atoms with van der Waals surface area (Å²) in [6, 6.07) is 9.74. The van der Waals surface area contributed by atoms with Crippen LogP contribution < -0.4 is 9.64 Å². The minimum Gasteiger partial charge on any atom is -0.480 e. The molecule has 1 fully saturated rings. The van der Waals surface area contributed by atoms with E-state index in [-0.39, 0.29) is 4.91 Å². The summed E-state index contributed by atoms with van der Waals surface area (Å²) < 4.78 is 6.23. The third kappa shape index (κ3) is 4.60. The van der Waals surface area contributed by atoms with Crippen LogP contribution in [-0.2, 0) is 9.59 Å². The van der Waals surface area contributed by atoms with Crippen LogP contribution >= 0.6 is 55.2 Å². The summed E-state index contributed by atoms with van der Waals surface area (Å²) in [6.07, 6.45) is 1.58. The van der Waals surface area contributed by atoms with Crippen molar-refractivity contribution in [1.29, 1.82) is 0 Å². The number of carbonyl (C=O) groups excluding carboxylic acids is 2. The molecule has 3 rings (SSSR count). The fourth-order valence-corrected chi connectivity index (χ4v) is 4.78. The molecular weight excluding hydrogens is 538 g/mol. The van der Waals surface area contributed by atoms with Crippen molar-refractivity contribution in [2.75, 3.05) is 11.5 Å². The molecule has 1 aliphatic rings. The molecule has 0 saturated carbocycles. The summed E-state index contributed by atoms with van der Waals surface area (Å²) in [4.78, 5) is 37.0. The lowest BCUT2D eigenvalue weighted by atomic mass is 10.2. The number of aliphatic carboxylic acids is 1. The molecule has 0 aliphatic carbocycles. The maximum atomic E-state index is 12.7. The first-order valence-corrected chi connectivity index (χ1v) is 10.4. The van der Waals surface area contributed by atoms with Crippen molar-refractivity contribution in [3.05, 3.63) is 60.8 Å². The average Bonchev–Trinajstić information content (AvgIpc) is 2.88. The van der Waals surface area contributed by atoms with Gasteiger partial charge in [-0.15, -0.1) is 0 Å². The molecule has 2 aromatic carbocycles. The number of thioether (sulfide) groups is 1. The number of ether oxygens (including phenoxy) is 1. The Morgan fingerprint density at radius 2 is 1.79 bits per heavy atom. The van der Waals surface area contributed by atoms with Crippen LogP contribution in [0.3, 0.4) is 0 Å². The average molecular weight is 548 g/mol. The normalized spacial score (nSPS) is 15.4. The Labute approximate surface area is 185 Å². The number of hydrogen-bond acceptors (Lipinski definition) is 5. The van der Waals surface area contributed by atoms with E-state index in [1.54, 1.807) is 42.5 Å². The van der Waals surface area contributed by atoms with Gasteiger partial charge < -0.3 is 9.84 Å². The Hall–Kier alpha value is -1.81. The molecule has 1 saturated heterocycles. The van der Waals surface area contributed by atoms with Gasteiger partial charge >= 0.3 is 5.97 Å². The lowest BCUT2D eigenvalue weighted by Gasteiger charge is -2.12. The Balaban J connectivity index is 1.87. The number of carboxylic acids is 1. The highest BCUT2D eigenvalue weighted by atomic mass is 79.9. The second-order valence-electron chi connectivity index (χ2n) is 5.49. The van der Waals surface area contributed by atoms with Crippen molar-refractivity contribution in [1.82, 2.24) is 0 Å². The SMILES string of the molecule is O=C(O)COc1c(Br)cc(/C=C2/SC(=O)N(c3ccc(Cl)cc3)C2=O)cc1Br. The zero-order chi connectivity index (χ0) is 20.4. The Morgan fingerprint density at radius 3 is 2.36 bits per heavy atom. The second kappa shape index (κ2) is 8.69. The molecule has 0 spiro atoms. The highest BCUT2D eigenvalue weighted by Gasteiger charge is 2.36. The van der Waals surface area contributed by atoms with E-state index in [0.29, 0.717) is 31.0 Å². The van der Waals surface area contributed by atoms with Gasteiger partial charge in [0.25, 0.3) is 11.1 Å². The summed E-state index contributed by atoms with van der Waals surface area (Å²) in [7, 11) is 0. The third-order valence-corrected chi connectivity index (χ3v) is 5.84. The van der Waals surface area contributed by atoms with E-state index >= 15 is 0 Å². The molecule has 144 valence electrons. The van der Waals surface area contributed by atoms with E-state index in [1.165, 1.54) is 0 Å². The number of halogens is 3. The fraction of sp³-hybridized carbons (Fsp3) is 0.0556. The number of benzene rings is 2. The number of nitrogens with zero attached hydrogens (tertiary/aromatic N) is 1. The predicted octanol–water partition coefficient (Wildman–Crippen LogP) is 5.57. The molecule has 0 radical (unpaired) electrons. The molecule has 6 nitrogen and oxygen atoms in total. The Kier molecular flexibility index (Phi) is 6.49. The van der Waals surface area contributed by atoms with Gasteiger partial charge in [-0.2, -0.15) is 0 Å². The van der Waals surface area contributed by atoms with Gasteiger partial charge in [0.15, 0.2) is 6.61 Å². The largest absolute Gasteiger partial charge is 0.480 e. The van der Waals surface area contributed by atoms with Crippen molar-refractivity contribution in [3.8, 4) is 5.75 Å². The molecule has 2 amide bonds. The Bertz CT molecular complexity index is 987. The molecule has 0 unspecified atom stereocenters. The topological polar surface area (TPSA) is 83.9 Å². The minimum absolute atomic E-state index is 0.262. The highest BCUT2D eigenvalue weighted by Crippen LogP contribution is 2.39. The number of amides is 2. The standard InChI is InChI=1S/C18H10Br2ClNO5S/c19-12-5-9(6-13(20)16(12)27-8-15(23)24)7-14-17(25)22(18(26)28-14)11-3-1-10(21)2-4-11/h1-7H,8H2,(H,23,24)/b14-7+. The monoisotopic (exact) mass is 545 g/mol. The van der Waals surface area contributed by atoms with E-state index in [2.05, 4.69) is 31.9 Å². The van der Waals surface area contributed by atoms with Crippen LogP contribution in [0.1, 0.15) is 5.56 Å². The molecule has 2 aromatic rings. The van der Waals surface area contributed by atoms with E-state index in [0.717, 1.165) is 16.7 Å². The van der Waals surface area contributed by atoms with Crippen LogP contribution in [0.5, 0.6) is 5.75 Å². The minimum atomic E-state index is -1.10. The number of hydrogen-bond donors (Lipinski definition) is 1. The summed E-state index contributed by atoms with van der Waals surface area (Å²) in [5.41, 5.74) is 1.07. The van der Waals surface area contributed by atoms with E-state index in [4.69, 9.17) is 21.4 Å². The first kappa shape index (κ1) is 20.9. The van der Waals surface area contributed by atoms with Gasteiger partial charge in [-0.25, -0.2) is 9.69 Å². The fourth-order valence-electron chi connectivity index (χ4n) is 2.37. The zero-order valence-corrected chi connectivity index (χ0v) is 18.6. The van der Waals surface area contributed by atoms with Gasteiger partial charge in [-0.05, 0) is 91.7 Å². The van der Waals surface area contributed by atoms with E-state index in [9.17, 15) is 14.4 Å². The lowest BCUT2D eigenvalue weighted by molar-refractivity contribution is -0.139. The van der Waals surface area contributed by atoms with Crippen LogP contribution in [-0.4, -0.2) is 28.8 Å². The van der Waals surface area contributed by atoms with Gasteiger partial charge in [-0.3, -0.25) is 9.59 Å². The molecule has 10 heteroatoms. The van der Waals surface area contributed by atoms with E-state index < -0.39 is 23.7 Å². The predicted molar refractivity (Wildman–Crippen MR) is 115 cm³/mol. The molecule has 0 atom stereocenters. The van der Waals surface area contributed by atoms with Crippen LogP contribution in [0.2, 0.25) is 5.02 Å². The van der Waals surface area contributed by atoms with Crippen molar-refractivity contribution in [2.45, 2.75) is 0 Å². The number of carboxylic acid groups (broad SMARTS) is 1. The molecule has 1 heterocycles. The quantitative estimate of drug-likeness (QED) is 0.493. The molecule has 0 bridgehead atoms. The van der Waals surface area contributed by atoms with Crippen molar-refractivity contribution < 1.29 is 24.2 Å². The first-order chi connectivity index (χ1) is 13.3. The number of carbonyl (C=O) groups is 3. The molecular formula is C18H10Br2ClNO5S. The van der Waals surface area contributed by atoms with Crippen molar-refractivity contribution in [3.63, 3.8) is 0 Å². The lowest BCUT2D eigenvalue weighted by Crippen LogP contribution is -2.27. The molecule has 28 heavy (non-hydrogen) atoms. The van der Waals surface area contributed by atoms with Gasteiger partial charge in [0.1, 0.15) is 5.75 Å². The van der Waals surface area contributed by atoms with Crippen LogP contribution in [0.25, 0.3) is 6.08 Å². The molecule has 1 N–H and O–H groups in total. The number of rotatable bonds is 5. The van der Waals surface area contributed by atoms with Crippen LogP contribution in [0.15, 0.2) is 50.2 Å². The highest BCUT2D eigenvalue weighted by molar-refractivity contribution is 9.11. The maximum Gasteiger partial charge on any atom is 0.341 e. The second-order valence-corrected chi connectivity index (χ2v) is 8.63.